The quantitative estimate of drug-likeness (QED) is 0.662. The molecule has 7 heteroatoms. The van der Waals surface area contributed by atoms with Crippen molar-refractivity contribution in [1.82, 2.24) is 4.98 Å². The summed E-state index contributed by atoms with van der Waals surface area (Å²) in [7, 11) is 0. The summed E-state index contributed by atoms with van der Waals surface area (Å²) < 4.78 is 5.96. The maximum Gasteiger partial charge on any atom is 0.289 e. The van der Waals surface area contributed by atoms with Crippen LogP contribution < -0.4 is 5.32 Å². The van der Waals surface area contributed by atoms with Crippen LogP contribution in [-0.4, -0.2) is 23.1 Å². The second-order valence-corrected chi connectivity index (χ2v) is 5.94. The first-order valence-electron chi connectivity index (χ1n) is 8.14. The monoisotopic (exact) mass is 338 g/mol. The number of pyridine rings is 1. The predicted octanol–water partition coefficient (Wildman–Crippen LogP) is 3.44. The second-order valence-electron chi connectivity index (χ2n) is 5.94. The molecule has 2 atom stereocenters. The fraction of sp³-hybridized carbons (Fsp3) is 0.333. The van der Waals surface area contributed by atoms with Crippen molar-refractivity contribution in [2.45, 2.75) is 18.9 Å². The normalized spacial score (nSPS) is 19.8. The number of hydrogen-bond acceptors (Lipinski definition) is 6. The van der Waals surface area contributed by atoms with E-state index in [9.17, 15) is 15.4 Å². The van der Waals surface area contributed by atoms with E-state index in [0.717, 1.165) is 31.2 Å². The Morgan fingerprint density at radius 1 is 1.40 bits per heavy atom. The van der Waals surface area contributed by atoms with E-state index in [1.165, 1.54) is 6.07 Å². The van der Waals surface area contributed by atoms with E-state index >= 15 is 0 Å². The largest absolute Gasteiger partial charge is 0.373 e. The molecule has 128 valence electrons. The number of ether oxygens (including phenoxy) is 1. The van der Waals surface area contributed by atoms with Crippen LogP contribution in [0.25, 0.3) is 0 Å². The van der Waals surface area contributed by atoms with Crippen molar-refractivity contribution >= 4 is 11.5 Å². The number of hydrogen-bond donors (Lipinski definition) is 1. The third-order valence-electron chi connectivity index (χ3n) is 4.31. The van der Waals surface area contributed by atoms with Gasteiger partial charge in [-0.25, -0.2) is 4.98 Å². The summed E-state index contributed by atoms with van der Waals surface area (Å²) in [6.45, 7) is 1.31. The van der Waals surface area contributed by atoms with Crippen molar-refractivity contribution in [2.75, 3.05) is 18.5 Å². The lowest BCUT2D eigenvalue weighted by molar-refractivity contribution is -0.385. The molecule has 7 nitrogen and oxygen atoms in total. The summed E-state index contributed by atoms with van der Waals surface area (Å²) in [5.41, 5.74) is 1.11. The van der Waals surface area contributed by atoms with Crippen LogP contribution in [0.15, 0.2) is 42.6 Å². The van der Waals surface area contributed by atoms with Gasteiger partial charge in [0.15, 0.2) is 0 Å². The lowest BCUT2D eigenvalue weighted by atomic mass is 9.89. The Balaban J connectivity index is 1.73. The van der Waals surface area contributed by atoms with E-state index in [0.29, 0.717) is 12.4 Å². The Morgan fingerprint density at radius 3 is 2.92 bits per heavy atom. The van der Waals surface area contributed by atoms with Gasteiger partial charge in [-0.3, -0.25) is 10.1 Å². The molecular formula is C18H18N4O3. The van der Waals surface area contributed by atoms with Gasteiger partial charge in [-0.05, 0) is 18.4 Å². The SMILES string of the molecule is N#Cc1cc([N+](=O)[O-])cnc1NC[C@H]1CCCO[C@@H]1c1ccccc1. The summed E-state index contributed by atoms with van der Waals surface area (Å²) in [6, 6.07) is 13.2. The molecule has 0 bridgehead atoms. The molecule has 2 aromatic rings. The molecule has 1 aliphatic heterocycles. The Morgan fingerprint density at radius 2 is 2.20 bits per heavy atom. The van der Waals surface area contributed by atoms with E-state index in [4.69, 9.17) is 4.74 Å². The summed E-state index contributed by atoms with van der Waals surface area (Å²) >= 11 is 0. The van der Waals surface area contributed by atoms with Crippen LogP contribution in [0.2, 0.25) is 0 Å². The van der Waals surface area contributed by atoms with Crippen molar-refractivity contribution in [1.29, 1.82) is 5.26 Å². The van der Waals surface area contributed by atoms with Gasteiger partial charge in [0.2, 0.25) is 0 Å². The Bertz CT molecular complexity index is 789. The molecule has 0 amide bonds. The van der Waals surface area contributed by atoms with Gasteiger partial charge >= 0.3 is 0 Å². The molecule has 1 aromatic carbocycles. The number of nitrogens with zero attached hydrogens (tertiary/aromatic N) is 3. The average molecular weight is 338 g/mol. The third kappa shape index (κ3) is 3.92. The number of anilines is 1. The highest BCUT2D eigenvalue weighted by molar-refractivity contribution is 5.55. The van der Waals surface area contributed by atoms with Gasteiger partial charge in [0.1, 0.15) is 23.6 Å². The highest BCUT2D eigenvalue weighted by Gasteiger charge is 2.27. The van der Waals surface area contributed by atoms with Crippen molar-refractivity contribution in [3.8, 4) is 6.07 Å². The van der Waals surface area contributed by atoms with Crippen molar-refractivity contribution < 1.29 is 9.66 Å². The van der Waals surface area contributed by atoms with E-state index in [-0.39, 0.29) is 23.3 Å². The van der Waals surface area contributed by atoms with Gasteiger partial charge < -0.3 is 10.1 Å². The molecule has 0 aliphatic carbocycles. The molecule has 1 fully saturated rings. The number of nitrogens with one attached hydrogen (secondary N) is 1. The number of nitro groups is 1. The van der Waals surface area contributed by atoms with E-state index in [2.05, 4.69) is 10.3 Å². The third-order valence-corrected chi connectivity index (χ3v) is 4.31. The first-order chi connectivity index (χ1) is 12.2. The molecule has 0 unspecified atom stereocenters. The average Bonchev–Trinajstić information content (AvgIpc) is 2.67. The molecule has 0 saturated carbocycles. The second kappa shape index (κ2) is 7.73. The molecule has 25 heavy (non-hydrogen) atoms. The summed E-state index contributed by atoms with van der Waals surface area (Å²) in [4.78, 5) is 14.3. The van der Waals surface area contributed by atoms with Crippen LogP contribution in [0, 0.1) is 27.4 Å². The number of aromatic nitrogens is 1. The first kappa shape index (κ1) is 16.9. The fourth-order valence-electron chi connectivity index (χ4n) is 3.07. The maximum atomic E-state index is 10.8. The van der Waals surface area contributed by atoms with Crippen molar-refractivity contribution in [3.05, 3.63) is 63.8 Å². The Hall–Kier alpha value is -2.98. The van der Waals surface area contributed by atoms with Crippen LogP contribution in [-0.2, 0) is 4.74 Å². The van der Waals surface area contributed by atoms with Gasteiger partial charge in [-0.2, -0.15) is 5.26 Å². The summed E-state index contributed by atoms with van der Waals surface area (Å²) in [5, 5.41) is 23.2. The van der Waals surface area contributed by atoms with Crippen LogP contribution >= 0.6 is 0 Å². The molecule has 1 aliphatic rings. The van der Waals surface area contributed by atoms with Gasteiger partial charge in [0, 0.05) is 25.1 Å². The Labute approximate surface area is 145 Å². The molecule has 3 rings (SSSR count). The molecule has 0 spiro atoms. The zero-order valence-corrected chi connectivity index (χ0v) is 13.6. The highest BCUT2D eigenvalue weighted by Crippen LogP contribution is 2.33. The molecular weight excluding hydrogens is 320 g/mol. The molecule has 2 heterocycles. The minimum Gasteiger partial charge on any atom is -0.373 e. The van der Waals surface area contributed by atoms with E-state index in [1.807, 2.05) is 36.4 Å². The molecule has 1 N–H and O–H groups in total. The van der Waals surface area contributed by atoms with Crippen LogP contribution in [0.4, 0.5) is 11.5 Å². The van der Waals surface area contributed by atoms with Crippen molar-refractivity contribution in [3.63, 3.8) is 0 Å². The summed E-state index contributed by atoms with van der Waals surface area (Å²) in [5.74, 6) is 0.602. The minimum absolute atomic E-state index is 0.00830. The zero-order valence-electron chi connectivity index (χ0n) is 13.6. The smallest absolute Gasteiger partial charge is 0.289 e. The van der Waals surface area contributed by atoms with Gasteiger partial charge in [0.25, 0.3) is 5.69 Å². The van der Waals surface area contributed by atoms with Crippen LogP contribution in [0.1, 0.15) is 30.1 Å². The van der Waals surface area contributed by atoms with Gasteiger partial charge in [-0.15, -0.1) is 0 Å². The maximum absolute atomic E-state index is 10.8. The first-order valence-corrected chi connectivity index (χ1v) is 8.14. The predicted molar refractivity (Wildman–Crippen MR) is 92.0 cm³/mol. The lowest BCUT2D eigenvalue weighted by Gasteiger charge is -2.32. The molecule has 1 aromatic heterocycles. The zero-order chi connectivity index (χ0) is 17.6. The topological polar surface area (TPSA) is 101 Å². The van der Waals surface area contributed by atoms with Crippen LogP contribution in [0.5, 0.6) is 0 Å². The van der Waals surface area contributed by atoms with Crippen molar-refractivity contribution in [2.24, 2.45) is 5.92 Å². The number of nitriles is 1. The van der Waals surface area contributed by atoms with E-state index < -0.39 is 4.92 Å². The highest BCUT2D eigenvalue weighted by atomic mass is 16.6. The number of benzene rings is 1. The minimum atomic E-state index is -0.558. The van der Waals surface area contributed by atoms with E-state index in [1.54, 1.807) is 0 Å². The standard InChI is InChI=1S/C18H18N4O3/c19-10-15-9-16(22(23)24)12-21-18(15)20-11-14-7-4-8-25-17(14)13-5-2-1-3-6-13/h1-3,5-6,9,12,14,17H,4,7-8,11H2,(H,20,21)/t14-,17-/m1/s1. The summed E-state index contributed by atoms with van der Waals surface area (Å²) in [6.07, 6.45) is 3.14. The lowest BCUT2D eigenvalue weighted by Crippen LogP contribution is -2.28. The fourth-order valence-corrected chi connectivity index (χ4v) is 3.07. The molecule has 1 saturated heterocycles. The van der Waals surface area contributed by atoms with Gasteiger partial charge in [-0.1, -0.05) is 30.3 Å². The molecule has 0 radical (unpaired) electrons. The Kier molecular flexibility index (Phi) is 5.21. The number of rotatable bonds is 5. The van der Waals surface area contributed by atoms with Crippen LogP contribution in [0.3, 0.4) is 0 Å². The van der Waals surface area contributed by atoms with Gasteiger partial charge in [0.05, 0.1) is 11.0 Å².